The van der Waals surface area contributed by atoms with E-state index in [0.717, 1.165) is 10.1 Å². The number of H-pyrrole nitrogens is 1. The zero-order chi connectivity index (χ0) is 17.4. The minimum atomic E-state index is -0.357. The van der Waals surface area contributed by atoms with Gasteiger partial charge in [0.05, 0.1) is 0 Å². The maximum Gasteiger partial charge on any atom is 0.332 e. The minimum absolute atomic E-state index is 0.264. The highest BCUT2D eigenvalue weighted by molar-refractivity contribution is 6.30. The summed E-state index contributed by atoms with van der Waals surface area (Å²) >= 11 is 5.90. The summed E-state index contributed by atoms with van der Waals surface area (Å²) in [5.74, 6) is 0.910. The molecule has 3 rings (SSSR count). The third kappa shape index (κ3) is 3.01. The lowest BCUT2D eigenvalue weighted by Crippen LogP contribution is -2.38. The Morgan fingerprint density at radius 1 is 1.21 bits per heavy atom. The molecule has 2 heterocycles. The molecule has 0 amide bonds. The fraction of sp³-hybridized carbons (Fsp3) is 0.353. The summed E-state index contributed by atoms with van der Waals surface area (Å²) in [6.45, 7) is 4.55. The van der Waals surface area contributed by atoms with Crippen LogP contribution in [0.3, 0.4) is 0 Å². The molecule has 0 aliphatic heterocycles. The number of halogens is 1. The molecule has 1 aromatic carbocycles. The van der Waals surface area contributed by atoms with E-state index in [1.165, 1.54) is 7.05 Å². The third-order valence-corrected chi connectivity index (χ3v) is 4.11. The molecule has 0 saturated carbocycles. The van der Waals surface area contributed by atoms with Gasteiger partial charge >= 0.3 is 5.69 Å². The molecule has 3 aromatic rings. The summed E-state index contributed by atoms with van der Waals surface area (Å²) < 4.78 is 2.68. The Kier molecular flexibility index (Phi) is 4.32. The summed E-state index contributed by atoms with van der Waals surface area (Å²) in [7, 11) is 1.49. The van der Waals surface area contributed by atoms with Crippen LogP contribution >= 0.6 is 11.6 Å². The van der Waals surface area contributed by atoms with E-state index in [9.17, 15) is 9.59 Å². The summed E-state index contributed by atoms with van der Waals surface area (Å²) in [5, 5.41) is 0.669. The maximum atomic E-state index is 12.4. The van der Waals surface area contributed by atoms with Crippen molar-refractivity contribution in [2.75, 3.05) is 0 Å². The second-order valence-electron chi connectivity index (χ2n) is 6.34. The average molecular weight is 347 g/mol. The zero-order valence-corrected chi connectivity index (χ0v) is 14.6. The second kappa shape index (κ2) is 6.28. The number of aromatic amines is 1. The molecule has 1 N–H and O–H groups in total. The number of nitrogens with zero attached hydrogens (tertiary/aromatic N) is 3. The highest BCUT2D eigenvalue weighted by atomic mass is 35.5. The molecule has 2 aromatic heterocycles. The first kappa shape index (κ1) is 16.5. The van der Waals surface area contributed by atoms with Gasteiger partial charge in [0.25, 0.3) is 5.56 Å². The predicted octanol–water partition coefficient (Wildman–Crippen LogP) is 2.32. The smallest absolute Gasteiger partial charge is 0.332 e. The number of rotatable bonds is 4. The molecule has 0 spiro atoms. The van der Waals surface area contributed by atoms with Crippen molar-refractivity contribution in [1.29, 1.82) is 0 Å². The van der Waals surface area contributed by atoms with Crippen LogP contribution in [0, 0.1) is 5.92 Å². The van der Waals surface area contributed by atoms with Crippen LogP contribution in [0.15, 0.2) is 33.9 Å². The van der Waals surface area contributed by atoms with Gasteiger partial charge in [0.15, 0.2) is 5.65 Å². The van der Waals surface area contributed by atoms with Crippen molar-refractivity contribution in [3.05, 3.63) is 61.5 Å². The van der Waals surface area contributed by atoms with E-state index < -0.39 is 0 Å². The van der Waals surface area contributed by atoms with E-state index in [0.29, 0.717) is 35.0 Å². The molecule has 0 radical (unpaired) electrons. The summed E-state index contributed by atoms with van der Waals surface area (Å²) in [6, 6.07) is 7.45. The highest BCUT2D eigenvalue weighted by Crippen LogP contribution is 2.14. The van der Waals surface area contributed by atoms with E-state index in [-0.39, 0.29) is 17.2 Å². The van der Waals surface area contributed by atoms with Crippen LogP contribution in [0.1, 0.15) is 25.2 Å². The summed E-state index contributed by atoms with van der Waals surface area (Å²) in [6.07, 6.45) is 0.533. The Labute approximate surface area is 143 Å². The van der Waals surface area contributed by atoms with E-state index in [1.54, 1.807) is 4.57 Å². The normalized spacial score (nSPS) is 11.5. The van der Waals surface area contributed by atoms with Gasteiger partial charge in [0.1, 0.15) is 11.3 Å². The highest BCUT2D eigenvalue weighted by Gasteiger charge is 2.16. The third-order valence-electron chi connectivity index (χ3n) is 3.86. The monoisotopic (exact) mass is 346 g/mol. The van der Waals surface area contributed by atoms with E-state index in [1.807, 2.05) is 38.1 Å². The van der Waals surface area contributed by atoms with Crippen molar-refractivity contribution in [2.24, 2.45) is 13.0 Å². The van der Waals surface area contributed by atoms with Crippen molar-refractivity contribution in [3.63, 3.8) is 0 Å². The molecule has 0 atom stereocenters. The molecular weight excluding hydrogens is 328 g/mol. The van der Waals surface area contributed by atoms with Gasteiger partial charge in [-0.05, 0) is 23.6 Å². The van der Waals surface area contributed by atoms with Crippen LogP contribution in [0.5, 0.6) is 0 Å². The molecule has 6 nitrogen and oxygen atoms in total. The molecular formula is C17H19ClN4O2. The summed E-state index contributed by atoms with van der Waals surface area (Å²) in [4.78, 5) is 32.3. The van der Waals surface area contributed by atoms with Gasteiger partial charge in [-0.15, -0.1) is 0 Å². The molecule has 0 saturated heterocycles. The van der Waals surface area contributed by atoms with Crippen LogP contribution in [0.4, 0.5) is 0 Å². The quantitative estimate of drug-likeness (QED) is 0.788. The Hall–Kier alpha value is -2.34. The molecule has 24 heavy (non-hydrogen) atoms. The van der Waals surface area contributed by atoms with E-state index >= 15 is 0 Å². The number of fused-ring (bicyclic) bond motifs is 1. The zero-order valence-electron chi connectivity index (χ0n) is 13.8. The lowest BCUT2D eigenvalue weighted by atomic mass is 10.1. The van der Waals surface area contributed by atoms with Gasteiger partial charge in [-0.25, -0.2) is 9.78 Å². The second-order valence-corrected chi connectivity index (χ2v) is 6.77. The Morgan fingerprint density at radius 3 is 2.50 bits per heavy atom. The lowest BCUT2D eigenvalue weighted by molar-refractivity contribution is 0.500. The number of aromatic nitrogens is 4. The Bertz CT molecular complexity index is 996. The van der Waals surface area contributed by atoms with Crippen molar-refractivity contribution < 1.29 is 0 Å². The van der Waals surface area contributed by atoms with Gasteiger partial charge in [0, 0.05) is 25.0 Å². The first-order chi connectivity index (χ1) is 11.4. The Morgan fingerprint density at radius 2 is 1.88 bits per heavy atom. The van der Waals surface area contributed by atoms with Crippen LogP contribution in [0.2, 0.25) is 5.02 Å². The van der Waals surface area contributed by atoms with Crippen molar-refractivity contribution >= 4 is 22.8 Å². The van der Waals surface area contributed by atoms with Crippen molar-refractivity contribution in [2.45, 2.75) is 26.8 Å². The van der Waals surface area contributed by atoms with Crippen molar-refractivity contribution in [3.8, 4) is 0 Å². The van der Waals surface area contributed by atoms with E-state index in [2.05, 4.69) is 9.97 Å². The number of imidazole rings is 1. The summed E-state index contributed by atoms with van der Waals surface area (Å²) in [5.41, 5.74) is 1.10. The molecule has 0 aliphatic carbocycles. The first-order valence-corrected chi connectivity index (χ1v) is 8.17. The molecule has 0 fully saturated rings. The molecule has 0 aliphatic rings. The molecule has 126 valence electrons. The fourth-order valence-electron chi connectivity index (χ4n) is 2.69. The van der Waals surface area contributed by atoms with Crippen molar-refractivity contribution in [1.82, 2.24) is 19.1 Å². The number of hydrogen-bond donors (Lipinski definition) is 1. The standard InChI is InChI=1S/C17H19ClN4O2/c1-10(2)9-22-15-14(16(23)21(3)17(22)24)19-13(20-15)8-11-4-6-12(18)7-5-11/h4-7,10H,8-9H2,1-3H3,(H,19,20). The van der Waals surface area contributed by atoms with Gasteiger partial charge in [-0.2, -0.15) is 0 Å². The van der Waals surface area contributed by atoms with Crippen LogP contribution in [-0.4, -0.2) is 19.1 Å². The predicted molar refractivity (Wildman–Crippen MR) is 94.7 cm³/mol. The fourth-order valence-corrected chi connectivity index (χ4v) is 2.82. The maximum absolute atomic E-state index is 12.4. The van der Waals surface area contributed by atoms with Crippen LogP contribution in [-0.2, 0) is 20.0 Å². The lowest BCUT2D eigenvalue weighted by Gasteiger charge is -2.10. The molecule has 0 bridgehead atoms. The van der Waals surface area contributed by atoms with Gasteiger partial charge in [-0.1, -0.05) is 37.6 Å². The number of hydrogen-bond acceptors (Lipinski definition) is 3. The first-order valence-electron chi connectivity index (χ1n) is 7.79. The molecule has 7 heteroatoms. The van der Waals surface area contributed by atoms with E-state index in [4.69, 9.17) is 11.6 Å². The minimum Gasteiger partial charge on any atom is -0.336 e. The van der Waals surface area contributed by atoms with Gasteiger partial charge in [0.2, 0.25) is 0 Å². The Balaban J connectivity index is 2.12. The number of benzene rings is 1. The topological polar surface area (TPSA) is 72.7 Å². The average Bonchev–Trinajstić information content (AvgIpc) is 2.95. The van der Waals surface area contributed by atoms with Gasteiger partial charge < -0.3 is 4.98 Å². The SMILES string of the molecule is CC(C)Cn1c(=O)n(C)c(=O)c2[nH]c(Cc3ccc(Cl)cc3)nc21. The van der Waals surface area contributed by atoms with Crippen LogP contribution < -0.4 is 11.2 Å². The largest absolute Gasteiger partial charge is 0.336 e. The molecule has 0 unspecified atom stereocenters. The number of nitrogens with one attached hydrogen (secondary N) is 1. The van der Waals surface area contributed by atoms with Gasteiger partial charge in [-0.3, -0.25) is 13.9 Å². The van der Waals surface area contributed by atoms with Crippen LogP contribution in [0.25, 0.3) is 11.2 Å².